The highest BCUT2D eigenvalue weighted by atomic mass is 16.5. The van der Waals surface area contributed by atoms with Gasteiger partial charge in [-0.3, -0.25) is 14.4 Å². The van der Waals surface area contributed by atoms with Crippen LogP contribution in [-0.2, 0) is 16.1 Å². The maximum absolute atomic E-state index is 12.4. The second-order valence-electron chi connectivity index (χ2n) is 6.11. The number of benzene rings is 2. The molecule has 0 heterocycles. The Morgan fingerprint density at radius 2 is 1.77 bits per heavy atom. The third kappa shape index (κ3) is 5.44. The number of carbonyl (C=O) groups is 3. The lowest BCUT2D eigenvalue weighted by Gasteiger charge is -2.13. The first kappa shape index (κ1) is 19.2. The molecule has 0 spiro atoms. The van der Waals surface area contributed by atoms with E-state index in [-0.39, 0.29) is 24.3 Å². The van der Waals surface area contributed by atoms with E-state index in [0.717, 1.165) is 5.56 Å². The van der Waals surface area contributed by atoms with Crippen molar-refractivity contribution in [2.45, 2.75) is 27.3 Å². The average molecular weight is 354 g/mol. The summed E-state index contributed by atoms with van der Waals surface area (Å²) in [5, 5.41) is 5.66. The fraction of sp³-hybridized carbons (Fsp3) is 0.250. The van der Waals surface area contributed by atoms with Crippen LogP contribution in [0.5, 0.6) is 5.75 Å². The van der Waals surface area contributed by atoms with Gasteiger partial charge in [0.1, 0.15) is 5.75 Å². The van der Waals surface area contributed by atoms with E-state index in [9.17, 15) is 14.4 Å². The maximum atomic E-state index is 12.4. The van der Waals surface area contributed by atoms with E-state index in [2.05, 4.69) is 10.6 Å². The van der Waals surface area contributed by atoms with Gasteiger partial charge in [-0.15, -0.1) is 0 Å². The number of amides is 2. The topological polar surface area (TPSA) is 84.5 Å². The first-order valence-electron chi connectivity index (χ1n) is 8.32. The maximum Gasteiger partial charge on any atom is 0.308 e. The highest BCUT2D eigenvalue weighted by Crippen LogP contribution is 2.17. The SMILES string of the molecule is CC(=O)Oc1cccc(C(=O)NCc2ccccc2NC(=O)C(C)C)c1. The quantitative estimate of drug-likeness (QED) is 0.616. The molecule has 0 bridgehead atoms. The molecule has 0 aliphatic carbocycles. The number of anilines is 1. The second kappa shape index (κ2) is 8.80. The zero-order valence-corrected chi connectivity index (χ0v) is 15.0. The van der Waals surface area contributed by atoms with Gasteiger partial charge in [-0.05, 0) is 29.8 Å². The Kier molecular flexibility index (Phi) is 6.49. The van der Waals surface area contributed by atoms with Crippen LogP contribution < -0.4 is 15.4 Å². The van der Waals surface area contributed by atoms with Gasteiger partial charge in [0.25, 0.3) is 5.91 Å². The predicted molar refractivity (Wildman–Crippen MR) is 98.8 cm³/mol. The van der Waals surface area contributed by atoms with E-state index >= 15 is 0 Å². The molecule has 26 heavy (non-hydrogen) atoms. The Morgan fingerprint density at radius 1 is 1.04 bits per heavy atom. The van der Waals surface area contributed by atoms with Gasteiger partial charge < -0.3 is 15.4 Å². The van der Waals surface area contributed by atoms with E-state index in [1.165, 1.54) is 13.0 Å². The molecule has 0 saturated carbocycles. The average Bonchev–Trinajstić information content (AvgIpc) is 2.60. The molecule has 0 aliphatic rings. The van der Waals surface area contributed by atoms with Crippen LogP contribution in [0.4, 0.5) is 5.69 Å². The zero-order valence-electron chi connectivity index (χ0n) is 15.0. The fourth-order valence-electron chi connectivity index (χ4n) is 2.22. The van der Waals surface area contributed by atoms with Crippen molar-refractivity contribution in [3.63, 3.8) is 0 Å². The van der Waals surface area contributed by atoms with E-state index < -0.39 is 5.97 Å². The van der Waals surface area contributed by atoms with Crippen molar-refractivity contribution in [1.29, 1.82) is 0 Å². The Balaban J connectivity index is 2.06. The minimum Gasteiger partial charge on any atom is -0.427 e. The normalized spacial score (nSPS) is 10.3. The fourth-order valence-corrected chi connectivity index (χ4v) is 2.22. The number of hydrogen-bond donors (Lipinski definition) is 2. The van der Waals surface area contributed by atoms with Gasteiger partial charge in [-0.1, -0.05) is 38.1 Å². The lowest BCUT2D eigenvalue weighted by molar-refractivity contribution is -0.131. The van der Waals surface area contributed by atoms with Gasteiger partial charge >= 0.3 is 5.97 Å². The van der Waals surface area contributed by atoms with Crippen molar-refractivity contribution < 1.29 is 19.1 Å². The first-order valence-corrected chi connectivity index (χ1v) is 8.32. The van der Waals surface area contributed by atoms with Crippen molar-refractivity contribution in [2.24, 2.45) is 5.92 Å². The van der Waals surface area contributed by atoms with Crippen LogP contribution in [0.1, 0.15) is 36.7 Å². The van der Waals surface area contributed by atoms with Crippen LogP contribution in [-0.4, -0.2) is 17.8 Å². The number of carbonyl (C=O) groups excluding carboxylic acids is 3. The summed E-state index contributed by atoms with van der Waals surface area (Å²) in [6, 6.07) is 13.7. The van der Waals surface area contributed by atoms with Crippen molar-refractivity contribution >= 4 is 23.5 Å². The molecule has 0 aliphatic heterocycles. The van der Waals surface area contributed by atoms with Crippen LogP contribution >= 0.6 is 0 Å². The molecule has 0 unspecified atom stereocenters. The summed E-state index contributed by atoms with van der Waals surface area (Å²) in [6.07, 6.45) is 0. The molecule has 0 fully saturated rings. The van der Waals surface area contributed by atoms with E-state index in [0.29, 0.717) is 17.0 Å². The van der Waals surface area contributed by atoms with Gasteiger partial charge in [0, 0.05) is 30.6 Å². The summed E-state index contributed by atoms with van der Waals surface area (Å²) in [7, 11) is 0. The number of hydrogen-bond acceptors (Lipinski definition) is 4. The van der Waals surface area contributed by atoms with Crippen molar-refractivity contribution in [2.75, 3.05) is 5.32 Å². The number of esters is 1. The van der Waals surface area contributed by atoms with Gasteiger partial charge in [-0.2, -0.15) is 0 Å². The van der Waals surface area contributed by atoms with Gasteiger partial charge in [-0.25, -0.2) is 0 Å². The summed E-state index contributed by atoms with van der Waals surface area (Å²) in [4.78, 5) is 35.3. The van der Waals surface area contributed by atoms with Crippen LogP contribution in [0.3, 0.4) is 0 Å². The molecule has 0 aromatic heterocycles. The highest BCUT2D eigenvalue weighted by Gasteiger charge is 2.12. The van der Waals surface area contributed by atoms with Crippen molar-refractivity contribution in [1.82, 2.24) is 5.32 Å². The van der Waals surface area contributed by atoms with Gasteiger partial charge in [0.2, 0.25) is 5.91 Å². The monoisotopic (exact) mass is 354 g/mol. The molecule has 2 rings (SSSR count). The third-order valence-electron chi connectivity index (χ3n) is 3.60. The molecule has 0 atom stereocenters. The second-order valence-corrected chi connectivity index (χ2v) is 6.11. The third-order valence-corrected chi connectivity index (χ3v) is 3.60. The summed E-state index contributed by atoms with van der Waals surface area (Å²) in [5.74, 6) is -0.657. The number of para-hydroxylation sites is 1. The largest absolute Gasteiger partial charge is 0.427 e. The van der Waals surface area contributed by atoms with E-state index in [1.807, 2.05) is 32.0 Å². The summed E-state index contributed by atoms with van der Waals surface area (Å²) in [5.41, 5.74) is 1.85. The molecule has 2 aromatic carbocycles. The summed E-state index contributed by atoms with van der Waals surface area (Å²) in [6.45, 7) is 5.19. The van der Waals surface area contributed by atoms with Crippen molar-refractivity contribution in [3.8, 4) is 5.75 Å². The molecular weight excluding hydrogens is 332 g/mol. The molecular formula is C20H22N2O4. The molecule has 136 valence electrons. The lowest BCUT2D eigenvalue weighted by Crippen LogP contribution is -2.24. The van der Waals surface area contributed by atoms with Crippen LogP contribution in [0.2, 0.25) is 0 Å². The molecule has 2 amide bonds. The number of nitrogens with one attached hydrogen (secondary N) is 2. The Bertz CT molecular complexity index is 815. The van der Waals surface area contributed by atoms with Crippen molar-refractivity contribution in [3.05, 3.63) is 59.7 Å². The Hall–Kier alpha value is -3.15. The van der Waals surface area contributed by atoms with Crippen LogP contribution in [0.25, 0.3) is 0 Å². The molecule has 2 aromatic rings. The van der Waals surface area contributed by atoms with Crippen LogP contribution in [0, 0.1) is 5.92 Å². The Morgan fingerprint density at radius 3 is 2.46 bits per heavy atom. The number of ether oxygens (including phenoxy) is 1. The van der Waals surface area contributed by atoms with E-state index in [4.69, 9.17) is 4.74 Å². The number of rotatable bonds is 6. The zero-order chi connectivity index (χ0) is 19.1. The minimum absolute atomic E-state index is 0.0853. The van der Waals surface area contributed by atoms with Gasteiger partial charge in [0.15, 0.2) is 0 Å². The standard InChI is InChI=1S/C20H22N2O4/c1-13(2)19(24)22-18-10-5-4-7-16(18)12-21-20(25)15-8-6-9-17(11-15)26-14(3)23/h4-11,13H,12H2,1-3H3,(H,21,25)(H,22,24). The molecule has 0 radical (unpaired) electrons. The van der Waals surface area contributed by atoms with E-state index in [1.54, 1.807) is 24.3 Å². The molecule has 6 nitrogen and oxygen atoms in total. The molecule has 2 N–H and O–H groups in total. The summed E-state index contributed by atoms with van der Waals surface area (Å²) >= 11 is 0. The first-order chi connectivity index (χ1) is 12.4. The van der Waals surface area contributed by atoms with Crippen LogP contribution in [0.15, 0.2) is 48.5 Å². The molecule has 0 saturated heterocycles. The summed E-state index contributed by atoms with van der Waals surface area (Å²) < 4.78 is 4.99. The Labute approximate surface area is 152 Å². The smallest absolute Gasteiger partial charge is 0.308 e. The van der Waals surface area contributed by atoms with Gasteiger partial charge in [0.05, 0.1) is 0 Å². The minimum atomic E-state index is -0.447. The lowest BCUT2D eigenvalue weighted by atomic mass is 10.1. The predicted octanol–water partition coefficient (Wildman–Crippen LogP) is 3.14. The highest BCUT2D eigenvalue weighted by molar-refractivity contribution is 5.95. The molecule has 6 heteroatoms.